The molecule has 13 heavy (non-hydrogen) atoms. The zero-order valence-electron chi connectivity index (χ0n) is 8.68. The quantitative estimate of drug-likeness (QED) is 0.481. The van der Waals surface area contributed by atoms with Gasteiger partial charge in [0, 0.05) is 25.7 Å². The molecule has 0 radical (unpaired) electrons. The van der Waals surface area contributed by atoms with Crippen molar-refractivity contribution < 1.29 is 0 Å². The van der Waals surface area contributed by atoms with Crippen molar-refractivity contribution in [2.24, 2.45) is 5.92 Å². The molecule has 2 heteroatoms. The molecule has 2 unspecified atom stereocenters. The summed E-state index contributed by atoms with van der Waals surface area (Å²) in [5.41, 5.74) is 0. The molecule has 2 nitrogen and oxygen atoms in total. The van der Waals surface area contributed by atoms with E-state index in [2.05, 4.69) is 24.1 Å². The Kier molecular flexibility index (Phi) is 5.09. The van der Waals surface area contributed by atoms with Crippen LogP contribution in [0.5, 0.6) is 0 Å². The van der Waals surface area contributed by atoms with Crippen LogP contribution < -0.4 is 10.6 Å². The summed E-state index contributed by atoms with van der Waals surface area (Å²) in [6.07, 6.45) is 6.03. The molecule has 0 spiro atoms. The van der Waals surface area contributed by atoms with Gasteiger partial charge in [-0.1, -0.05) is 13.0 Å². The lowest BCUT2D eigenvalue weighted by molar-refractivity contribution is 0.497. The van der Waals surface area contributed by atoms with Gasteiger partial charge < -0.3 is 10.6 Å². The Labute approximate surface area is 81.8 Å². The zero-order valence-corrected chi connectivity index (χ0v) is 8.68. The van der Waals surface area contributed by atoms with Gasteiger partial charge in [0.2, 0.25) is 0 Å². The highest BCUT2D eigenvalue weighted by molar-refractivity contribution is 4.78. The largest absolute Gasteiger partial charge is 0.313 e. The minimum absolute atomic E-state index is 0.778. The molecule has 76 valence electrons. The fraction of sp³-hybridized carbons (Fsp3) is 0.818. The molecule has 1 aliphatic carbocycles. The fourth-order valence-electron chi connectivity index (χ4n) is 1.96. The minimum Gasteiger partial charge on any atom is -0.313 e. The molecule has 0 saturated heterocycles. The van der Waals surface area contributed by atoms with Gasteiger partial charge in [-0.2, -0.15) is 0 Å². The third-order valence-electron chi connectivity index (χ3n) is 2.72. The fourth-order valence-corrected chi connectivity index (χ4v) is 1.96. The Balaban J connectivity index is 1.91. The Bertz CT molecular complexity index is 145. The third-order valence-corrected chi connectivity index (χ3v) is 2.72. The summed E-state index contributed by atoms with van der Waals surface area (Å²) < 4.78 is 0. The lowest BCUT2D eigenvalue weighted by Crippen LogP contribution is -2.33. The summed E-state index contributed by atoms with van der Waals surface area (Å²) in [5.74, 6) is 0.929. The van der Waals surface area contributed by atoms with Crippen LogP contribution in [0.3, 0.4) is 0 Å². The maximum atomic E-state index is 3.66. The zero-order chi connectivity index (χ0) is 9.52. The number of hydrogen-bond donors (Lipinski definition) is 2. The second-order valence-corrected chi connectivity index (χ2v) is 4.06. The first-order valence-corrected chi connectivity index (χ1v) is 5.38. The molecule has 1 fully saturated rings. The van der Waals surface area contributed by atoms with Crippen LogP contribution in [0, 0.1) is 5.92 Å². The average Bonchev–Trinajstić information content (AvgIpc) is 2.51. The SMILES string of the molecule is C=CCNCCNC1CCC(C)C1. The summed E-state index contributed by atoms with van der Waals surface area (Å²) >= 11 is 0. The van der Waals surface area contributed by atoms with Gasteiger partial charge in [-0.25, -0.2) is 0 Å². The van der Waals surface area contributed by atoms with Gasteiger partial charge in [0.05, 0.1) is 0 Å². The van der Waals surface area contributed by atoms with Crippen LogP contribution >= 0.6 is 0 Å². The van der Waals surface area contributed by atoms with Crippen molar-refractivity contribution in [1.29, 1.82) is 0 Å². The predicted octanol–water partition coefficient (Wildman–Crippen LogP) is 1.54. The van der Waals surface area contributed by atoms with Gasteiger partial charge in [0.25, 0.3) is 0 Å². The van der Waals surface area contributed by atoms with Gasteiger partial charge in [-0.15, -0.1) is 6.58 Å². The van der Waals surface area contributed by atoms with Crippen LogP contribution in [0.4, 0.5) is 0 Å². The first kappa shape index (κ1) is 10.7. The van der Waals surface area contributed by atoms with Crippen LogP contribution in [0.25, 0.3) is 0 Å². The van der Waals surface area contributed by atoms with Gasteiger partial charge in [-0.3, -0.25) is 0 Å². The molecule has 0 heterocycles. The maximum absolute atomic E-state index is 3.66. The maximum Gasteiger partial charge on any atom is 0.0132 e. The molecule has 0 amide bonds. The smallest absolute Gasteiger partial charge is 0.0132 e. The van der Waals surface area contributed by atoms with Gasteiger partial charge >= 0.3 is 0 Å². The molecule has 1 rings (SSSR count). The van der Waals surface area contributed by atoms with Gasteiger partial charge in [0.15, 0.2) is 0 Å². The van der Waals surface area contributed by atoms with Gasteiger partial charge in [-0.05, 0) is 25.2 Å². The Morgan fingerprint density at radius 1 is 1.38 bits per heavy atom. The van der Waals surface area contributed by atoms with Crippen molar-refractivity contribution in [1.82, 2.24) is 10.6 Å². The molecule has 1 aliphatic rings. The van der Waals surface area contributed by atoms with E-state index < -0.39 is 0 Å². The second kappa shape index (κ2) is 6.17. The average molecular weight is 182 g/mol. The van der Waals surface area contributed by atoms with Gasteiger partial charge in [0.1, 0.15) is 0 Å². The standard InChI is InChI=1S/C11H22N2/c1-3-6-12-7-8-13-11-5-4-10(2)9-11/h3,10-13H,1,4-9H2,2H3. The molecule has 0 bridgehead atoms. The first-order valence-electron chi connectivity index (χ1n) is 5.38. The van der Waals surface area contributed by atoms with E-state index in [4.69, 9.17) is 0 Å². The summed E-state index contributed by atoms with van der Waals surface area (Å²) in [4.78, 5) is 0. The molecular weight excluding hydrogens is 160 g/mol. The lowest BCUT2D eigenvalue weighted by atomic mass is 10.1. The highest BCUT2D eigenvalue weighted by atomic mass is 15.0. The molecule has 0 aromatic rings. The molecule has 0 aromatic heterocycles. The van der Waals surface area contributed by atoms with E-state index in [1.165, 1.54) is 19.3 Å². The van der Waals surface area contributed by atoms with E-state index in [1.54, 1.807) is 0 Å². The summed E-state index contributed by atoms with van der Waals surface area (Å²) in [5, 5.41) is 6.86. The summed E-state index contributed by atoms with van der Waals surface area (Å²) in [6, 6.07) is 0.778. The van der Waals surface area contributed by atoms with E-state index in [1.807, 2.05) is 6.08 Å². The summed E-state index contributed by atoms with van der Waals surface area (Å²) in [6.45, 7) is 9.07. The van der Waals surface area contributed by atoms with Crippen molar-refractivity contribution in [3.05, 3.63) is 12.7 Å². The predicted molar refractivity (Wildman–Crippen MR) is 57.9 cm³/mol. The molecule has 0 aromatic carbocycles. The Morgan fingerprint density at radius 2 is 2.23 bits per heavy atom. The van der Waals surface area contributed by atoms with Crippen molar-refractivity contribution in [2.45, 2.75) is 32.2 Å². The third kappa shape index (κ3) is 4.44. The molecule has 1 saturated carbocycles. The van der Waals surface area contributed by atoms with Crippen molar-refractivity contribution in [3.63, 3.8) is 0 Å². The van der Waals surface area contributed by atoms with E-state index in [0.29, 0.717) is 0 Å². The second-order valence-electron chi connectivity index (χ2n) is 4.06. The minimum atomic E-state index is 0.778. The monoisotopic (exact) mass is 182 g/mol. The van der Waals surface area contributed by atoms with E-state index >= 15 is 0 Å². The normalized spacial score (nSPS) is 27.8. The van der Waals surface area contributed by atoms with Crippen molar-refractivity contribution in [3.8, 4) is 0 Å². The summed E-state index contributed by atoms with van der Waals surface area (Å²) in [7, 11) is 0. The highest BCUT2D eigenvalue weighted by Crippen LogP contribution is 2.24. The van der Waals surface area contributed by atoms with Crippen LogP contribution in [-0.4, -0.2) is 25.7 Å². The number of hydrogen-bond acceptors (Lipinski definition) is 2. The molecular formula is C11H22N2. The Hall–Kier alpha value is -0.340. The van der Waals surface area contributed by atoms with Crippen LogP contribution in [0.2, 0.25) is 0 Å². The van der Waals surface area contributed by atoms with Crippen LogP contribution in [-0.2, 0) is 0 Å². The van der Waals surface area contributed by atoms with Crippen LogP contribution in [0.1, 0.15) is 26.2 Å². The van der Waals surface area contributed by atoms with E-state index in [9.17, 15) is 0 Å². The first-order chi connectivity index (χ1) is 6.33. The topological polar surface area (TPSA) is 24.1 Å². The number of rotatable bonds is 6. The van der Waals surface area contributed by atoms with Crippen molar-refractivity contribution in [2.75, 3.05) is 19.6 Å². The Morgan fingerprint density at radius 3 is 2.85 bits per heavy atom. The molecule has 0 aliphatic heterocycles. The number of nitrogens with one attached hydrogen (secondary N) is 2. The lowest BCUT2D eigenvalue weighted by Gasteiger charge is -2.11. The highest BCUT2D eigenvalue weighted by Gasteiger charge is 2.19. The van der Waals surface area contributed by atoms with E-state index in [0.717, 1.165) is 31.6 Å². The van der Waals surface area contributed by atoms with Crippen molar-refractivity contribution >= 4 is 0 Å². The molecule has 2 N–H and O–H groups in total. The van der Waals surface area contributed by atoms with E-state index in [-0.39, 0.29) is 0 Å². The van der Waals surface area contributed by atoms with Crippen LogP contribution in [0.15, 0.2) is 12.7 Å². The molecule has 2 atom stereocenters.